The third-order valence-electron chi connectivity index (χ3n) is 3.53. The van der Waals surface area contributed by atoms with E-state index in [0.29, 0.717) is 11.3 Å². The Morgan fingerprint density at radius 2 is 1.80 bits per heavy atom. The van der Waals surface area contributed by atoms with Gasteiger partial charge < -0.3 is 10.4 Å². The highest BCUT2D eigenvalue weighted by Crippen LogP contribution is 2.29. The Morgan fingerprint density at radius 3 is 2.30 bits per heavy atom. The lowest BCUT2D eigenvalue weighted by Crippen LogP contribution is -2.30. The van der Waals surface area contributed by atoms with Crippen LogP contribution >= 0.6 is 11.8 Å². The standard InChI is InChI=1S/C17H29NOS/c1-5-11-18-17(14(4)20-13(3)12-19)16-9-7-15(6-2)8-10-16/h7-10,13-14,17-19H,5-6,11-12H2,1-4H3. The lowest BCUT2D eigenvalue weighted by atomic mass is 10.0. The number of nitrogens with one attached hydrogen (secondary N) is 1. The molecule has 0 aliphatic carbocycles. The Hall–Kier alpha value is -0.510. The smallest absolute Gasteiger partial charge is 0.0547 e. The van der Waals surface area contributed by atoms with Gasteiger partial charge in [-0.25, -0.2) is 0 Å². The Morgan fingerprint density at radius 1 is 1.15 bits per heavy atom. The van der Waals surface area contributed by atoms with Gasteiger partial charge in [-0.15, -0.1) is 0 Å². The van der Waals surface area contributed by atoms with Gasteiger partial charge in [0.2, 0.25) is 0 Å². The molecule has 0 heterocycles. The molecule has 3 heteroatoms. The van der Waals surface area contributed by atoms with Crippen molar-refractivity contribution < 1.29 is 5.11 Å². The molecule has 0 fully saturated rings. The number of thioether (sulfide) groups is 1. The zero-order valence-corrected chi connectivity index (χ0v) is 14.0. The van der Waals surface area contributed by atoms with E-state index in [1.165, 1.54) is 11.1 Å². The molecule has 0 spiro atoms. The Bertz CT molecular complexity index is 366. The van der Waals surface area contributed by atoms with E-state index in [-0.39, 0.29) is 11.9 Å². The molecule has 2 N–H and O–H groups in total. The van der Waals surface area contributed by atoms with Crippen molar-refractivity contribution >= 4 is 11.8 Å². The zero-order chi connectivity index (χ0) is 15.0. The average molecular weight is 295 g/mol. The normalized spacial score (nSPS) is 15.8. The lowest BCUT2D eigenvalue weighted by molar-refractivity contribution is 0.299. The van der Waals surface area contributed by atoms with Crippen molar-refractivity contribution in [2.75, 3.05) is 13.2 Å². The molecule has 0 saturated carbocycles. The van der Waals surface area contributed by atoms with Crippen molar-refractivity contribution in [1.29, 1.82) is 0 Å². The SMILES string of the molecule is CCCNC(c1ccc(CC)cc1)C(C)SC(C)CO. The number of hydrogen-bond donors (Lipinski definition) is 2. The van der Waals surface area contributed by atoms with Gasteiger partial charge >= 0.3 is 0 Å². The minimum Gasteiger partial charge on any atom is -0.395 e. The second kappa shape index (κ2) is 9.43. The second-order valence-electron chi connectivity index (χ2n) is 5.36. The summed E-state index contributed by atoms with van der Waals surface area (Å²) < 4.78 is 0. The van der Waals surface area contributed by atoms with E-state index < -0.39 is 0 Å². The first kappa shape index (κ1) is 17.5. The third-order valence-corrected chi connectivity index (χ3v) is 4.85. The fourth-order valence-electron chi connectivity index (χ4n) is 2.30. The van der Waals surface area contributed by atoms with Crippen molar-refractivity contribution in [3.05, 3.63) is 35.4 Å². The number of aryl methyl sites for hydroxylation is 1. The first-order chi connectivity index (χ1) is 9.62. The number of rotatable bonds is 9. The third kappa shape index (κ3) is 5.47. The van der Waals surface area contributed by atoms with Gasteiger partial charge in [0, 0.05) is 16.5 Å². The molecule has 20 heavy (non-hydrogen) atoms. The largest absolute Gasteiger partial charge is 0.395 e. The van der Waals surface area contributed by atoms with E-state index in [9.17, 15) is 5.11 Å². The zero-order valence-electron chi connectivity index (χ0n) is 13.2. The Labute approximate surface area is 128 Å². The van der Waals surface area contributed by atoms with Crippen LogP contribution in [0.1, 0.15) is 51.3 Å². The maximum atomic E-state index is 9.24. The molecule has 1 aromatic carbocycles. The average Bonchev–Trinajstić information content (AvgIpc) is 2.48. The first-order valence-electron chi connectivity index (χ1n) is 7.70. The summed E-state index contributed by atoms with van der Waals surface area (Å²) >= 11 is 1.85. The molecule has 0 radical (unpaired) electrons. The summed E-state index contributed by atoms with van der Waals surface area (Å²) in [4.78, 5) is 0. The van der Waals surface area contributed by atoms with E-state index in [1.807, 2.05) is 11.8 Å². The van der Waals surface area contributed by atoms with Gasteiger partial charge in [-0.2, -0.15) is 11.8 Å². The van der Waals surface area contributed by atoms with Crippen LogP contribution in [-0.2, 0) is 6.42 Å². The second-order valence-corrected chi connectivity index (χ2v) is 7.18. The molecule has 0 bridgehead atoms. The maximum absolute atomic E-state index is 9.24. The minimum absolute atomic E-state index is 0.240. The highest BCUT2D eigenvalue weighted by molar-refractivity contribution is 8.00. The van der Waals surface area contributed by atoms with Crippen molar-refractivity contribution in [2.45, 2.75) is 57.1 Å². The quantitative estimate of drug-likeness (QED) is 0.727. The first-order valence-corrected chi connectivity index (χ1v) is 8.65. The van der Waals surface area contributed by atoms with Gasteiger partial charge in [0.1, 0.15) is 0 Å². The maximum Gasteiger partial charge on any atom is 0.0547 e. The van der Waals surface area contributed by atoms with Gasteiger partial charge in [0.15, 0.2) is 0 Å². The number of aliphatic hydroxyl groups excluding tert-OH is 1. The number of benzene rings is 1. The highest BCUT2D eigenvalue weighted by Gasteiger charge is 2.20. The summed E-state index contributed by atoms with van der Waals surface area (Å²) in [7, 11) is 0. The molecule has 0 amide bonds. The van der Waals surface area contributed by atoms with Crippen LogP contribution in [0, 0.1) is 0 Å². The van der Waals surface area contributed by atoms with Crippen LogP contribution in [0.2, 0.25) is 0 Å². The van der Waals surface area contributed by atoms with Crippen molar-refractivity contribution in [2.24, 2.45) is 0 Å². The van der Waals surface area contributed by atoms with Crippen LogP contribution < -0.4 is 5.32 Å². The molecule has 0 saturated heterocycles. The fourth-order valence-corrected chi connectivity index (χ4v) is 3.53. The van der Waals surface area contributed by atoms with Crippen molar-refractivity contribution in [3.8, 4) is 0 Å². The summed E-state index contributed by atoms with van der Waals surface area (Å²) in [6, 6.07) is 9.28. The van der Waals surface area contributed by atoms with Crippen LogP contribution in [0.5, 0.6) is 0 Å². The monoisotopic (exact) mass is 295 g/mol. The molecule has 0 aliphatic heterocycles. The summed E-state index contributed by atoms with van der Waals surface area (Å²) in [5.74, 6) is 0. The number of hydrogen-bond acceptors (Lipinski definition) is 3. The van der Waals surface area contributed by atoms with Gasteiger partial charge in [0.05, 0.1) is 6.61 Å². The fraction of sp³-hybridized carbons (Fsp3) is 0.647. The summed E-state index contributed by atoms with van der Waals surface area (Å²) in [6.07, 6.45) is 2.22. The van der Waals surface area contributed by atoms with E-state index >= 15 is 0 Å². The summed E-state index contributed by atoms with van der Waals surface area (Å²) in [6.45, 7) is 9.97. The Balaban J connectivity index is 2.80. The van der Waals surface area contributed by atoms with E-state index in [0.717, 1.165) is 19.4 Å². The number of aliphatic hydroxyl groups is 1. The summed E-state index contributed by atoms with van der Waals surface area (Å²) in [5, 5.41) is 13.6. The molecule has 114 valence electrons. The van der Waals surface area contributed by atoms with Gasteiger partial charge in [-0.05, 0) is 30.5 Å². The van der Waals surface area contributed by atoms with Crippen molar-refractivity contribution in [3.63, 3.8) is 0 Å². The van der Waals surface area contributed by atoms with Crippen LogP contribution in [0.15, 0.2) is 24.3 Å². The van der Waals surface area contributed by atoms with E-state index in [4.69, 9.17) is 0 Å². The molecule has 0 aromatic heterocycles. The predicted molar refractivity (Wildman–Crippen MR) is 90.5 cm³/mol. The molecule has 3 unspecified atom stereocenters. The molecule has 3 atom stereocenters. The molecular weight excluding hydrogens is 266 g/mol. The molecular formula is C17H29NOS. The van der Waals surface area contributed by atoms with Gasteiger partial charge in [-0.3, -0.25) is 0 Å². The van der Waals surface area contributed by atoms with Crippen LogP contribution in [0.4, 0.5) is 0 Å². The molecule has 1 rings (SSSR count). The predicted octanol–water partition coefficient (Wildman–Crippen LogP) is 3.79. The van der Waals surface area contributed by atoms with Crippen molar-refractivity contribution in [1.82, 2.24) is 5.32 Å². The van der Waals surface area contributed by atoms with Gasteiger partial charge in [0.25, 0.3) is 0 Å². The summed E-state index contributed by atoms with van der Waals surface area (Å²) in [5.41, 5.74) is 2.73. The van der Waals surface area contributed by atoms with Crippen LogP contribution in [0.3, 0.4) is 0 Å². The molecule has 2 nitrogen and oxygen atoms in total. The molecule has 1 aromatic rings. The van der Waals surface area contributed by atoms with Crippen LogP contribution in [0.25, 0.3) is 0 Å². The topological polar surface area (TPSA) is 32.3 Å². The Kier molecular flexibility index (Phi) is 8.27. The molecule has 0 aliphatic rings. The van der Waals surface area contributed by atoms with E-state index in [1.54, 1.807) is 0 Å². The lowest BCUT2D eigenvalue weighted by Gasteiger charge is -2.27. The van der Waals surface area contributed by atoms with E-state index in [2.05, 4.69) is 57.3 Å². The van der Waals surface area contributed by atoms with Crippen LogP contribution in [-0.4, -0.2) is 28.8 Å². The minimum atomic E-state index is 0.240. The van der Waals surface area contributed by atoms with Gasteiger partial charge in [-0.1, -0.05) is 52.0 Å². The highest BCUT2D eigenvalue weighted by atomic mass is 32.2.